The quantitative estimate of drug-likeness (QED) is 0.571. The van der Waals surface area contributed by atoms with E-state index in [4.69, 9.17) is 0 Å². The molecule has 1 saturated heterocycles. The third kappa shape index (κ3) is 2.14. The molecule has 66 valence electrons. The number of halogens is 1. The molecule has 0 amide bonds. The molecule has 1 aliphatic rings. The maximum absolute atomic E-state index is 12.8. The normalized spacial score (nSPS) is 23.7. The molecule has 0 unspecified atom stereocenters. The maximum atomic E-state index is 12.8. The fraction of sp³-hybridized carbons (Fsp3) is 1.00. The highest BCUT2D eigenvalue weighted by atomic mass is 19.2. The van der Waals surface area contributed by atoms with E-state index in [1.54, 1.807) is 0 Å². The van der Waals surface area contributed by atoms with Crippen molar-refractivity contribution in [2.75, 3.05) is 33.2 Å². The van der Waals surface area contributed by atoms with Gasteiger partial charge in [-0.05, 0) is 14.0 Å². The number of nitrogens with zero attached hydrogens (tertiary/aromatic N) is 2. The second kappa shape index (κ2) is 3.07. The Hall–Kier alpha value is -0.150. The number of likely N-dealkylation sites (tertiary alicyclic amines) is 1. The molecule has 0 aliphatic carbocycles. The molecular weight excluding hydrogens is 143 g/mol. The topological polar surface area (TPSA) is 6.48 Å². The Kier molecular flexibility index (Phi) is 2.50. The van der Waals surface area contributed by atoms with E-state index in [0.717, 1.165) is 18.2 Å². The van der Waals surface area contributed by atoms with Crippen LogP contribution in [-0.4, -0.2) is 43.2 Å². The summed E-state index contributed by atoms with van der Waals surface area (Å²) in [4.78, 5) is 2.21. The highest BCUT2D eigenvalue weighted by Gasteiger charge is 2.37. The van der Waals surface area contributed by atoms with Gasteiger partial charge < -0.3 is 4.90 Å². The lowest BCUT2D eigenvalue weighted by molar-refractivity contribution is -0.0634. The molecule has 0 aromatic carbocycles. The van der Waals surface area contributed by atoms with E-state index in [1.165, 1.54) is 0 Å². The van der Waals surface area contributed by atoms with Crippen molar-refractivity contribution in [3.8, 4) is 0 Å². The van der Waals surface area contributed by atoms with Gasteiger partial charge in [-0.2, -0.15) is 0 Å². The molecule has 0 radical (unpaired) electrons. The van der Waals surface area contributed by atoms with Crippen LogP contribution in [0.5, 0.6) is 0 Å². The Morgan fingerprint density at radius 3 is 2.45 bits per heavy atom. The van der Waals surface area contributed by atoms with Crippen LogP contribution in [0.15, 0.2) is 0 Å². The van der Waals surface area contributed by atoms with Crippen LogP contribution in [-0.2, 0) is 0 Å². The molecule has 2 nitrogen and oxygen atoms in total. The van der Waals surface area contributed by atoms with Crippen molar-refractivity contribution in [2.45, 2.75) is 13.8 Å². The molecule has 0 aromatic rings. The largest absolute Gasteiger partial charge is 0.305 e. The van der Waals surface area contributed by atoms with Crippen LogP contribution in [0.3, 0.4) is 0 Å². The number of rotatable bonds is 3. The van der Waals surface area contributed by atoms with Gasteiger partial charge in [0.25, 0.3) is 0 Å². The zero-order valence-corrected chi connectivity index (χ0v) is 7.60. The first-order chi connectivity index (χ1) is 5.06. The van der Waals surface area contributed by atoms with Crippen LogP contribution in [0.25, 0.3) is 0 Å². The maximum Gasteiger partial charge on any atom is 0.0368 e. The molecule has 3 heteroatoms. The lowest BCUT2D eigenvalue weighted by atomic mass is 9.82. The lowest BCUT2D eigenvalue weighted by Crippen LogP contribution is -2.56. The van der Waals surface area contributed by atoms with Gasteiger partial charge in [-0.3, -0.25) is 0 Å². The van der Waals surface area contributed by atoms with E-state index in [1.807, 2.05) is 6.92 Å². The molecule has 11 heavy (non-hydrogen) atoms. The first-order valence-electron chi connectivity index (χ1n) is 4.15. The summed E-state index contributed by atoms with van der Waals surface area (Å²) in [5.41, 5.74) is 0.194. The van der Waals surface area contributed by atoms with Crippen molar-refractivity contribution in [1.82, 2.24) is 10.0 Å². The van der Waals surface area contributed by atoms with E-state index >= 15 is 0 Å². The van der Waals surface area contributed by atoms with Crippen molar-refractivity contribution in [1.29, 1.82) is 0 Å². The van der Waals surface area contributed by atoms with Crippen LogP contribution in [0.1, 0.15) is 13.8 Å². The molecule has 0 saturated carbocycles. The monoisotopic (exact) mass is 160 g/mol. The van der Waals surface area contributed by atoms with E-state index in [0.29, 0.717) is 13.1 Å². The second-order valence-electron chi connectivity index (χ2n) is 3.92. The molecule has 0 N–H and O–H groups in total. The molecule has 1 aliphatic heterocycles. The lowest BCUT2D eigenvalue weighted by Gasteiger charge is -2.46. The molecule has 0 atom stereocenters. The fourth-order valence-electron chi connectivity index (χ4n) is 1.88. The van der Waals surface area contributed by atoms with Crippen molar-refractivity contribution in [3.05, 3.63) is 0 Å². The van der Waals surface area contributed by atoms with E-state index < -0.39 is 0 Å². The first kappa shape index (κ1) is 8.94. The summed E-state index contributed by atoms with van der Waals surface area (Å²) in [6.45, 7) is 7.09. The van der Waals surface area contributed by atoms with Crippen LogP contribution >= 0.6 is 0 Å². The van der Waals surface area contributed by atoms with Crippen molar-refractivity contribution in [3.63, 3.8) is 0 Å². The predicted molar refractivity (Wildman–Crippen MR) is 44.0 cm³/mol. The SMILES string of the molecule is CCN(F)CC1(C)CN(C)C1. The summed E-state index contributed by atoms with van der Waals surface area (Å²) in [6, 6.07) is 0. The van der Waals surface area contributed by atoms with Gasteiger partial charge in [-0.25, -0.2) is 0 Å². The van der Waals surface area contributed by atoms with Crippen LogP contribution in [0, 0.1) is 5.41 Å². The van der Waals surface area contributed by atoms with Crippen molar-refractivity contribution in [2.24, 2.45) is 5.41 Å². The minimum atomic E-state index is 0.194. The van der Waals surface area contributed by atoms with Gasteiger partial charge >= 0.3 is 0 Å². The van der Waals surface area contributed by atoms with E-state index in [9.17, 15) is 4.48 Å². The van der Waals surface area contributed by atoms with E-state index in [2.05, 4.69) is 18.9 Å². The molecule has 0 spiro atoms. The summed E-state index contributed by atoms with van der Waals surface area (Å²) in [7, 11) is 2.07. The van der Waals surface area contributed by atoms with Crippen LogP contribution in [0.4, 0.5) is 4.48 Å². The zero-order chi connectivity index (χ0) is 8.48. The molecule has 1 heterocycles. The zero-order valence-electron chi connectivity index (χ0n) is 7.60. The summed E-state index contributed by atoms with van der Waals surface area (Å²) in [6.07, 6.45) is 0. The molecule has 0 bridgehead atoms. The van der Waals surface area contributed by atoms with Gasteiger partial charge in [0.15, 0.2) is 0 Å². The fourth-order valence-corrected chi connectivity index (χ4v) is 1.88. The van der Waals surface area contributed by atoms with Crippen LogP contribution < -0.4 is 0 Å². The van der Waals surface area contributed by atoms with Crippen molar-refractivity contribution < 1.29 is 4.48 Å². The standard InChI is InChI=1S/C8H17FN2/c1-4-11(9)7-8(2)5-10(3)6-8/h4-7H2,1-3H3. The number of hydrogen-bond donors (Lipinski definition) is 0. The van der Waals surface area contributed by atoms with Gasteiger partial charge in [-0.15, -0.1) is 9.60 Å². The Balaban J connectivity index is 2.26. The summed E-state index contributed by atoms with van der Waals surface area (Å²) < 4.78 is 12.8. The minimum Gasteiger partial charge on any atom is -0.305 e. The van der Waals surface area contributed by atoms with Gasteiger partial charge in [0.1, 0.15) is 0 Å². The first-order valence-corrected chi connectivity index (χ1v) is 4.15. The van der Waals surface area contributed by atoms with Gasteiger partial charge in [0.05, 0.1) is 0 Å². The van der Waals surface area contributed by atoms with E-state index in [-0.39, 0.29) is 5.41 Å². The summed E-state index contributed by atoms with van der Waals surface area (Å²) >= 11 is 0. The average Bonchev–Trinajstić information content (AvgIpc) is 1.84. The smallest absolute Gasteiger partial charge is 0.0368 e. The predicted octanol–water partition coefficient (Wildman–Crippen LogP) is 1.14. The molecule has 1 fully saturated rings. The molecular formula is C8H17FN2. The van der Waals surface area contributed by atoms with Gasteiger partial charge in [0, 0.05) is 31.6 Å². The van der Waals surface area contributed by atoms with Crippen LogP contribution in [0.2, 0.25) is 0 Å². The Bertz CT molecular complexity index is 132. The number of hydrogen-bond acceptors (Lipinski definition) is 2. The van der Waals surface area contributed by atoms with Gasteiger partial charge in [-0.1, -0.05) is 6.92 Å². The third-order valence-electron chi connectivity index (χ3n) is 2.20. The summed E-state index contributed by atoms with van der Waals surface area (Å²) in [5, 5.41) is 0.896. The molecule has 0 aromatic heterocycles. The third-order valence-corrected chi connectivity index (χ3v) is 2.20. The Morgan fingerprint density at radius 1 is 1.55 bits per heavy atom. The molecule has 1 rings (SSSR count). The average molecular weight is 160 g/mol. The van der Waals surface area contributed by atoms with Gasteiger partial charge in [0.2, 0.25) is 0 Å². The Labute approximate surface area is 67.9 Å². The second-order valence-corrected chi connectivity index (χ2v) is 3.92. The highest BCUT2D eigenvalue weighted by molar-refractivity contribution is 4.90. The Morgan fingerprint density at radius 2 is 2.09 bits per heavy atom. The van der Waals surface area contributed by atoms with Crippen molar-refractivity contribution >= 4 is 0 Å². The highest BCUT2D eigenvalue weighted by Crippen LogP contribution is 2.29. The minimum absolute atomic E-state index is 0.194. The summed E-state index contributed by atoms with van der Waals surface area (Å²) in [5.74, 6) is 0.